The standard InChI is InChI=1S/C10H18.C10H12.C9H16.C9H14.3C8H14.C8H16.C7H12.C7H10.C7H12.C7H14.C6H10.C6H12.C6H10.2C6H8.C5H8.C5H10.C5H8.C4H8.C3H6/c2*1-2-6-10-8-4-3-7-9(10)5-1;2*1-2-5-9-7-3-6-8(9)4-1;2*1-3-7-5-2-6-8(7)4-1;1-2-8-5-3-7(1)4-6-8;1-2-4-6-8-7-5-3-1;2*1-2-7-4-3-6(1)5-7;1-2-6-4-7(3-1)5-6;1-2-4-6-7-5-3-1;1-2-5-4-6(5)3-1;4*1-2-4-6-5-3-1;1-2-5-3-4(1)5;2*1-2-4-5-3-1;1-2-4-3-1;1-2-3-1/h9-10H,1-8H2;1-2,5-6H,3-4,7-8H2;8-9H,1-7H2;3,6,8-9H,1-2,4-5,7H2;3*7-8H,1-6H2;1-8H2;6-7H,1-5H2;1-2,6-7H,3-5H2;6-7H,1-5H2;1-7H2;5-6H,1-4H2;1-6H2;1-2H,3-6H2;1-2,5-6H,3-4H2;1-4H,5-6H2;4-5H,1-3H2;1-5H2;1-2H,3-5H2;1-4H2;1-3H2. The summed E-state index contributed by atoms with van der Waals surface area (Å²) in [7, 11) is 0. The van der Waals surface area contributed by atoms with Gasteiger partial charge in [-0.2, -0.15) is 0 Å². The van der Waals surface area contributed by atoms with Crippen LogP contribution in [0.5, 0.6) is 0 Å². The maximum absolute atomic E-state index is 2.43. The second-order valence-corrected chi connectivity index (χ2v) is 56.1. The zero-order chi connectivity index (χ0) is 103. The maximum Gasteiger partial charge on any atom is -0.0169 e. The summed E-state index contributed by atoms with van der Waals surface area (Å²) in [6, 6.07) is 8.80. The number of benzene rings is 1. The second-order valence-electron chi connectivity index (χ2n) is 56.1. The Morgan fingerprint density at radius 3 is 0.573 bits per heavy atom. The molecule has 10 atom stereocenters. The van der Waals surface area contributed by atoms with Gasteiger partial charge in [0.25, 0.3) is 0 Å². The molecule has 854 valence electrons. The van der Waals surface area contributed by atoms with Crippen LogP contribution >= 0.6 is 0 Å². The number of hydrogen-bond donors (Lipinski definition) is 0. The highest BCUT2D eigenvalue weighted by Gasteiger charge is 2.45. The van der Waals surface area contributed by atoms with Crippen molar-refractivity contribution < 1.29 is 0 Å². The van der Waals surface area contributed by atoms with Gasteiger partial charge >= 0.3 is 0 Å². The van der Waals surface area contributed by atoms with E-state index in [1.165, 1.54) is 513 Å². The summed E-state index contributed by atoms with van der Waals surface area (Å²) >= 11 is 0. The molecular weight excluding hydrogens is 1800 g/mol. The summed E-state index contributed by atoms with van der Waals surface area (Å²) in [4.78, 5) is 0. The first-order valence-corrected chi connectivity index (χ1v) is 70.9. The van der Waals surface area contributed by atoms with Gasteiger partial charge in [-0.1, -0.05) is 622 Å². The minimum atomic E-state index is 0.985. The first-order chi connectivity index (χ1) is 74.5. The van der Waals surface area contributed by atoms with E-state index in [0.29, 0.717) is 0 Å². The van der Waals surface area contributed by atoms with E-state index in [1.54, 1.807) is 249 Å². The van der Waals surface area contributed by atoms with Gasteiger partial charge < -0.3 is 0 Å². The predicted octanol–water partition coefficient (Wildman–Crippen LogP) is 49.5. The van der Waals surface area contributed by atoms with E-state index in [-0.39, 0.29) is 0 Å². The molecule has 36 rings (SSSR count). The van der Waals surface area contributed by atoms with Gasteiger partial charge in [0.1, 0.15) is 0 Å². The van der Waals surface area contributed by atoms with Crippen LogP contribution in [0.1, 0.15) is 679 Å². The van der Waals surface area contributed by atoms with Crippen molar-refractivity contribution in [3.63, 3.8) is 0 Å². The third kappa shape index (κ3) is 55.5. The predicted molar refractivity (Wildman–Crippen MR) is 664 cm³/mol. The lowest BCUT2D eigenvalue weighted by atomic mass is 9.65. The first-order valence-electron chi connectivity index (χ1n) is 70.9. The number of rotatable bonds is 0. The van der Waals surface area contributed by atoms with Gasteiger partial charge in [-0.05, 0) is 321 Å². The molecule has 35 aliphatic carbocycles. The van der Waals surface area contributed by atoms with Crippen LogP contribution in [0.3, 0.4) is 0 Å². The van der Waals surface area contributed by atoms with Crippen molar-refractivity contribution in [3.05, 3.63) is 133 Å². The SMILES string of the molecule is C1=CC2CCC1C2.C1=CC2CCCCC2C1.C1=CCC=CC1.C1=CCCC1.C1=CCCC=C1.C1=CCCCC1.C1CC1.C1CC2CC(C1)C2.C1CC2CC12.C1CC2CC2C1.C1CC2CCC1C2.C1CC2CCC1CC2.C1CC2CCCC2C1.C1CC2CCCC2C1.C1CCC1.C1CCC2CCCC2C1.C1CCC2CCCCC2C1.C1CCCC1.C1CCCCC1.C1CCCCCC1.C1CCCCCCC1.c1ccc2c(c1)CCCC2. The highest BCUT2D eigenvalue weighted by molar-refractivity contribution is 5.29. The van der Waals surface area contributed by atoms with E-state index >= 15 is 0 Å². The van der Waals surface area contributed by atoms with Gasteiger partial charge in [0.2, 0.25) is 0 Å². The lowest BCUT2D eigenvalue weighted by Crippen LogP contribution is -2.28. The molecule has 150 heavy (non-hydrogen) atoms. The summed E-state index contributed by atoms with van der Waals surface area (Å²) in [6.07, 6.45) is 194. The van der Waals surface area contributed by atoms with E-state index in [1.807, 2.05) is 0 Å². The van der Waals surface area contributed by atoms with Crippen LogP contribution < -0.4 is 0 Å². The van der Waals surface area contributed by atoms with E-state index < -0.39 is 0 Å². The molecule has 0 heterocycles. The smallest absolute Gasteiger partial charge is 0.0169 e. The van der Waals surface area contributed by atoms with Crippen LogP contribution in [0.4, 0.5) is 0 Å². The summed E-state index contributed by atoms with van der Waals surface area (Å²) in [6.45, 7) is 0. The molecule has 8 bridgehead atoms. The van der Waals surface area contributed by atoms with Gasteiger partial charge in [0.15, 0.2) is 0 Å². The minimum absolute atomic E-state index is 0.985. The Morgan fingerprint density at radius 2 is 0.393 bits per heavy atom. The molecule has 0 aromatic heterocycles. The van der Waals surface area contributed by atoms with Gasteiger partial charge in [-0.15, -0.1) is 0 Å². The minimum Gasteiger partial charge on any atom is -0.0885 e. The van der Waals surface area contributed by atoms with Crippen LogP contribution in [0.25, 0.3) is 0 Å². The zero-order valence-electron chi connectivity index (χ0n) is 100. The maximum atomic E-state index is 2.43. The molecule has 1 aromatic rings. The second kappa shape index (κ2) is 80.8. The Kier molecular flexibility index (Phi) is 66.9. The Hall–Kier alpha value is -2.86. The Bertz CT molecular complexity index is 3270. The lowest BCUT2D eigenvalue weighted by molar-refractivity contribution is 0.116. The molecule has 28 fully saturated rings. The first kappa shape index (κ1) is 124. The monoisotopic (exact) mass is 2060 g/mol. The van der Waals surface area contributed by atoms with E-state index in [2.05, 4.69) is 121 Å². The van der Waals surface area contributed by atoms with Gasteiger partial charge in [-0.25, -0.2) is 0 Å². The van der Waals surface area contributed by atoms with Crippen LogP contribution in [-0.4, -0.2) is 0 Å². The number of fused-ring (bicyclic) bond motifs is 17. The van der Waals surface area contributed by atoms with Gasteiger partial charge in [0.05, 0.1) is 0 Å². The highest BCUT2D eigenvalue weighted by atomic mass is 14.5. The highest BCUT2D eigenvalue weighted by Crippen LogP contribution is 2.56. The summed E-state index contributed by atoms with van der Waals surface area (Å²) < 4.78 is 0. The molecule has 28 saturated carbocycles. The average molecular weight is 2060 g/mol. The fourth-order valence-corrected chi connectivity index (χ4v) is 32.8. The lowest BCUT2D eigenvalue weighted by Gasteiger charge is -2.40. The van der Waals surface area contributed by atoms with Crippen LogP contribution in [0.15, 0.2) is 121 Å². The van der Waals surface area contributed by atoms with Crippen molar-refractivity contribution in [2.45, 2.75) is 681 Å². The average Bonchev–Trinajstić information content (AvgIpc) is 1.65. The molecule has 35 aliphatic rings. The molecular formula is C150H254. The third-order valence-electron chi connectivity index (χ3n) is 43.9. The van der Waals surface area contributed by atoms with E-state index in [4.69, 9.17) is 0 Å². The quantitative estimate of drug-likeness (QED) is 0.179. The molecule has 1 aromatic carbocycles. The molecule has 0 amide bonds. The normalized spacial score (nSPS) is 35.0. The van der Waals surface area contributed by atoms with E-state index in [0.717, 1.165) is 60.2 Å². The molecule has 0 nitrogen and oxygen atoms in total. The van der Waals surface area contributed by atoms with Gasteiger partial charge in [-0.3, -0.25) is 0 Å². The molecule has 0 heteroatoms. The Morgan fingerprint density at radius 1 is 0.140 bits per heavy atom. The van der Waals surface area contributed by atoms with Crippen molar-refractivity contribution in [2.75, 3.05) is 0 Å². The largest absolute Gasteiger partial charge is 0.0885 e. The zero-order valence-corrected chi connectivity index (χ0v) is 100. The molecule has 0 N–H and O–H groups in total. The van der Waals surface area contributed by atoms with Crippen molar-refractivity contribution in [2.24, 2.45) is 130 Å². The van der Waals surface area contributed by atoms with Crippen molar-refractivity contribution in [1.29, 1.82) is 0 Å². The van der Waals surface area contributed by atoms with Gasteiger partial charge in [0, 0.05) is 0 Å². The summed E-state index contributed by atoms with van der Waals surface area (Å²) in [5.41, 5.74) is 3.16. The topological polar surface area (TPSA) is 0 Å². The molecule has 0 spiro atoms. The summed E-state index contributed by atoms with van der Waals surface area (Å²) in [5.74, 6) is 25.3. The Balaban J connectivity index is 0.000000131. The third-order valence-corrected chi connectivity index (χ3v) is 43.9. The van der Waals surface area contributed by atoms with Crippen molar-refractivity contribution in [1.82, 2.24) is 0 Å². The van der Waals surface area contributed by atoms with Crippen LogP contribution in [0, 0.1) is 130 Å². The summed E-state index contributed by atoms with van der Waals surface area (Å²) in [5, 5.41) is 0. The molecule has 0 radical (unpaired) electrons. The number of allylic oxidation sites excluding steroid dienone is 16. The fourth-order valence-electron chi connectivity index (χ4n) is 32.8. The number of aryl methyl sites for hydroxylation is 2. The van der Waals surface area contributed by atoms with Crippen molar-refractivity contribution in [3.8, 4) is 0 Å². The van der Waals surface area contributed by atoms with Crippen LogP contribution in [-0.2, 0) is 12.8 Å². The van der Waals surface area contributed by atoms with Crippen molar-refractivity contribution >= 4 is 0 Å². The van der Waals surface area contributed by atoms with Crippen LogP contribution in [0.2, 0.25) is 0 Å². The molecule has 0 aliphatic heterocycles. The fraction of sp³-hybridized carbons (Fsp3) is 0.853. The molecule has 0 saturated heterocycles. The van der Waals surface area contributed by atoms with E-state index in [9.17, 15) is 0 Å². The number of hydrogen-bond acceptors (Lipinski definition) is 0. The molecule has 10 unspecified atom stereocenters. The Labute approximate surface area is 936 Å².